The molecular weight excluding hydrogens is 204 g/mol. The Labute approximate surface area is 94.9 Å². The number of aliphatic imine (C=N–C) groups is 1. The van der Waals surface area contributed by atoms with Gasteiger partial charge >= 0.3 is 0 Å². The van der Waals surface area contributed by atoms with Crippen LogP contribution in [0.2, 0.25) is 0 Å². The van der Waals surface area contributed by atoms with Crippen molar-refractivity contribution in [2.45, 2.75) is 38.3 Å². The van der Waals surface area contributed by atoms with Crippen molar-refractivity contribution >= 4 is 5.96 Å². The second-order valence-electron chi connectivity index (χ2n) is 4.18. The first kappa shape index (κ1) is 10.9. The van der Waals surface area contributed by atoms with E-state index in [4.69, 9.17) is 5.73 Å². The molecule has 0 bridgehead atoms. The second-order valence-corrected chi connectivity index (χ2v) is 4.18. The molecule has 2 rings (SSSR count). The van der Waals surface area contributed by atoms with Crippen LogP contribution in [0.15, 0.2) is 11.2 Å². The van der Waals surface area contributed by atoms with E-state index in [9.17, 15) is 0 Å². The first-order chi connectivity index (χ1) is 7.75. The van der Waals surface area contributed by atoms with E-state index in [1.807, 2.05) is 7.05 Å². The second kappa shape index (κ2) is 4.96. The number of rotatable bonds is 3. The highest BCUT2D eigenvalue weighted by Gasteiger charge is 2.14. The molecule has 1 saturated carbocycles. The maximum atomic E-state index is 5.81. The average molecular weight is 222 g/mol. The number of aryl methyl sites for hydroxylation is 1. The third-order valence-electron chi connectivity index (χ3n) is 2.93. The quantitative estimate of drug-likeness (QED) is 0.564. The number of aromatic nitrogens is 3. The van der Waals surface area contributed by atoms with Crippen molar-refractivity contribution in [3.05, 3.63) is 11.9 Å². The van der Waals surface area contributed by atoms with Crippen molar-refractivity contribution < 1.29 is 0 Å². The van der Waals surface area contributed by atoms with Gasteiger partial charge in [0.1, 0.15) is 0 Å². The van der Waals surface area contributed by atoms with Crippen LogP contribution < -0.4 is 11.1 Å². The van der Waals surface area contributed by atoms with E-state index in [0.717, 1.165) is 5.69 Å². The Kier molecular flexibility index (Phi) is 3.38. The molecule has 6 nitrogen and oxygen atoms in total. The van der Waals surface area contributed by atoms with Gasteiger partial charge in [-0.1, -0.05) is 18.1 Å². The summed E-state index contributed by atoms with van der Waals surface area (Å²) in [4.78, 5) is 4.27. The summed E-state index contributed by atoms with van der Waals surface area (Å²) < 4.78 is 1.70. The number of hydrogen-bond acceptors (Lipinski definition) is 3. The summed E-state index contributed by atoms with van der Waals surface area (Å²) in [5.41, 5.74) is 6.76. The highest BCUT2D eigenvalue weighted by atomic mass is 15.4. The lowest BCUT2D eigenvalue weighted by Crippen LogP contribution is -2.38. The molecule has 0 unspecified atom stereocenters. The highest BCUT2D eigenvalue weighted by Crippen LogP contribution is 2.17. The Morgan fingerprint density at radius 1 is 1.62 bits per heavy atom. The van der Waals surface area contributed by atoms with Crippen LogP contribution in [0.3, 0.4) is 0 Å². The summed E-state index contributed by atoms with van der Waals surface area (Å²) in [5, 5.41) is 10.9. The number of nitrogens with two attached hydrogens (primary N) is 1. The predicted molar refractivity (Wildman–Crippen MR) is 61.7 cm³/mol. The van der Waals surface area contributed by atoms with Crippen molar-refractivity contribution in [2.75, 3.05) is 0 Å². The fourth-order valence-corrected chi connectivity index (χ4v) is 1.95. The third kappa shape index (κ3) is 2.71. The Bertz CT molecular complexity index is 363. The van der Waals surface area contributed by atoms with E-state index >= 15 is 0 Å². The summed E-state index contributed by atoms with van der Waals surface area (Å²) in [6, 6.07) is 0.508. The summed E-state index contributed by atoms with van der Waals surface area (Å²) in [6.45, 7) is 0.523. The molecule has 6 heteroatoms. The zero-order chi connectivity index (χ0) is 11.4. The monoisotopic (exact) mass is 222 g/mol. The lowest BCUT2D eigenvalue weighted by atomic mass is 10.2. The van der Waals surface area contributed by atoms with Gasteiger partial charge in [-0.25, -0.2) is 4.99 Å². The van der Waals surface area contributed by atoms with Gasteiger partial charge in [0, 0.05) is 13.1 Å². The molecule has 3 N–H and O–H groups in total. The van der Waals surface area contributed by atoms with Crippen LogP contribution in [0.1, 0.15) is 31.4 Å². The van der Waals surface area contributed by atoms with Crippen molar-refractivity contribution in [3.63, 3.8) is 0 Å². The molecule has 1 aromatic heterocycles. The Balaban J connectivity index is 1.84. The topological polar surface area (TPSA) is 81.1 Å². The smallest absolute Gasteiger partial charge is 0.189 e. The molecule has 1 aliphatic rings. The normalized spacial score (nSPS) is 17.9. The summed E-state index contributed by atoms with van der Waals surface area (Å²) in [7, 11) is 1.85. The van der Waals surface area contributed by atoms with Gasteiger partial charge in [0.25, 0.3) is 0 Å². The summed E-state index contributed by atoms with van der Waals surface area (Å²) in [5.74, 6) is 0.521. The van der Waals surface area contributed by atoms with Gasteiger partial charge in [0.2, 0.25) is 0 Å². The molecule has 1 aromatic rings. The van der Waals surface area contributed by atoms with Crippen LogP contribution >= 0.6 is 0 Å². The number of guanidine groups is 1. The molecule has 0 saturated heterocycles. The van der Waals surface area contributed by atoms with E-state index in [-0.39, 0.29) is 0 Å². The van der Waals surface area contributed by atoms with Crippen molar-refractivity contribution in [3.8, 4) is 0 Å². The van der Waals surface area contributed by atoms with Gasteiger partial charge in [-0.3, -0.25) is 4.68 Å². The standard InChI is InChI=1S/C10H18N6/c1-16-9(7-13-15-16)6-12-10(11)14-8-4-2-3-5-8/h7-8H,2-6H2,1H3,(H3,11,12,14). The molecule has 0 amide bonds. The van der Waals surface area contributed by atoms with E-state index in [1.165, 1.54) is 25.7 Å². The molecule has 0 spiro atoms. The lowest BCUT2D eigenvalue weighted by molar-refractivity contribution is 0.623. The molecule has 0 aromatic carbocycles. The molecule has 1 aliphatic carbocycles. The molecule has 0 aliphatic heterocycles. The van der Waals surface area contributed by atoms with Gasteiger partial charge < -0.3 is 11.1 Å². The first-order valence-corrected chi connectivity index (χ1v) is 5.65. The van der Waals surface area contributed by atoms with Crippen LogP contribution in [0, 0.1) is 0 Å². The molecule has 16 heavy (non-hydrogen) atoms. The Hall–Kier alpha value is -1.59. The Morgan fingerprint density at radius 3 is 3.00 bits per heavy atom. The summed E-state index contributed by atoms with van der Waals surface area (Å²) in [6.07, 6.45) is 6.67. The number of nitrogens with zero attached hydrogens (tertiary/aromatic N) is 4. The van der Waals surface area contributed by atoms with E-state index in [0.29, 0.717) is 18.5 Å². The minimum Gasteiger partial charge on any atom is -0.370 e. The van der Waals surface area contributed by atoms with Gasteiger partial charge in [-0.15, -0.1) is 5.10 Å². The largest absolute Gasteiger partial charge is 0.370 e. The minimum atomic E-state index is 0.508. The predicted octanol–water partition coefficient (Wildman–Crippen LogP) is 0.162. The third-order valence-corrected chi connectivity index (χ3v) is 2.93. The average Bonchev–Trinajstić information content (AvgIpc) is 2.87. The number of nitrogens with one attached hydrogen (secondary N) is 1. The van der Waals surface area contributed by atoms with Gasteiger partial charge in [-0.2, -0.15) is 0 Å². The van der Waals surface area contributed by atoms with Crippen LogP contribution in [-0.4, -0.2) is 27.0 Å². The fraction of sp³-hybridized carbons (Fsp3) is 0.700. The molecule has 0 atom stereocenters. The fourth-order valence-electron chi connectivity index (χ4n) is 1.95. The van der Waals surface area contributed by atoms with Crippen molar-refractivity contribution in [1.29, 1.82) is 0 Å². The van der Waals surface area contributed by atoms with Gasteiger partial charge in [0.15, 0.2) is 5.96 Å². The van der Waals surface area contributed by atoms with Crippen LogP contribution in [0.5, 0.6) is 0 Å². The maximum absolute atomic E-state index is 5.81. The SMILES string of the molecule is Cn1nncc1CN=C(N)NC1CCCC1. The van der Waals surface area contributed by atoms with Crippen molar-refractivity contribution in [1.82, 2.24) is 20.3 Å². The van der Waals surface area contributed by atoms with E-state index < -0.39 is 0 Å². The Morgan fingerprint density at radius 2 is 2.38 bits per heavy atom. The van der Waals surface area contributed by atoms with E-state index in [2.05, 4.69) is 20.6 Å². The maximum Gasteiger partial charge on any atom is 0.189 e. The minimum absolute atomic E-state index is 0.508. The highest BCUT2D eigenvalue weighted by molar-refractivity contribution is 5.78. The molecule has 1 heterocycles. The van der Waals surface area contributed by atoms with Crippen LogP contribution in [-0.2, 0) is 13.6 Å². The lowest BCUT2D eigenvalue weighted by Gasteiger charge is -2.11. The van der Waals surface area contributed by atoms with Gasteiger partial charge in [-0.05, 0) is 12.8 Å². The van der Waals surface area contributed by atoms with E-state index in [1.54, 1.807) is 10.9 Å². The zero-order valence-electron chi connectivity index (χ0n) is 9.56. The van der Waals surface area contributed by atoms with Gasteiger partial charge in [0.05, 0.1) is 18.4 Å². The van der Waals surface area contributed by atoms with Crippen LogP contribution in [0.4, 0.5) is 0 Å². The molecule has 1 fully saturated rings. The molecular formula is C10H18N6. The van der Waals surface area contributed by atoms with Crippen molar-refractivity contribution in [2.24, 2.45) is 17.8 Å². The molecule has 88 valence electrons. The van der Waals surface area contributed by atoms with Crippen LogP contribution in [0.25, 0.3) is 0 Å². The first-order valence-electron chi connectivity index (χ1n) is 5.65. The number of hydrogen-bond donors (Lipinski definition) is 2. The zero-order valence-corrected chi connectivity index (χ0v) is 9.56. The molecule has 0 radical (unpaired) electrons. The summed E-state index contributed by atoms with van der Waals surface area (Å²) >= 11 is 0.